The maximum atomic E-state index is 12.7. The van der Waals surface area contributed by atoms with E-state index in [1.165, 1.54) is 6.20 Å². The van der Waals surface area contributed by atoms with Crippen molar-refractivity contribution in [2.45, 2.75) is 45.2 Å². The fraction of sp³-hybridized carbons (Fsp3) is 0.556. The molecule has 2 aromatic heterocycles. The fourth-order valence-corrected chi connectivity index (χ4v) is 3.27. The van der Waals surface area contributed by atoms with Crippen molar-refractivity contribution in [1.82, 2.24) is 25.6 Å². The Morgan fingerprint density at radius 3 is 2.67 bits per heavy atom. The Balaban J connectivity index is 1.61. The first-order chi connectivity index (χ1) is 13.2. The molecule has 0 unspecified atom stereocenters. The van der Waals surface area contributed by atoms with Crippen molar-refractivity contribution in [2.24, 2.45) is 5.92 Å². The van der Waals surface area contributed by atoms with E-state index in [1.54, 1.807) is 10.9 Å². The second kappa shape index (κ2) is 7.51. The molecule has 2 fully saturated rings. The van der Waals surface area contributed by atoms with Crippen LogP contribution < -0.4 is 16.2 Å². The van der Waals surface area contributed by atoms with Crippen LogP contribution >= 0.6 is 0 Å². The number of ether oxygens (including phenoxy) is 1. The van der Waals surface area contributed by atoms with Gasteiger partial charge in [0.15, 0.2) is 5.65 Å². The summed E-state index contributed by atoms with van der Waals surface area (Å²) in [6.07, 6.45) is 6.75. The van der Waals surface area contributed by atoms with E-state index in [2.05, 4.69) is 26.3 Å². The molecule has 0 atom stereocenters. The largest absolute Gasteiger partial charge is 0.381 e. The molecule has 3 heterocycles. The second-order valence-corrected chi connectivity index (χ2v) is 6.99. The molecule has 0 aromatic carbocycles. The van der Waals surface area contributed by atoms with E-state index in [4.69, 9.17) is 4.74 Å². The summed E-state index contributed by atoms with van der Waals surface area (Å²) in [6, 6.07) is 0.210. The number of amides is 2. The Labute approximate surface area is 156 Å². The van der Waals surface area contributed by atoms with Crippen LogP contribution in [-0.4, -0.2) is 45.8 Å². The highest BCUT2D eigenvalue weighted by atomic mass is 16.5. The van der Waals surface area contributed by atoms with Crippen LogP contribution in [0.4, 0.5) is 5.69 Å². The number of nitrogens with zero attached hydrogens (tertiary/aromatic N) is 3. The van der Waals surface area contributed by atoms with Gasteiger partial charge in [0.25, 0.3) is 5.91 Å². The van der Waals surface area contributed by atoms with E-state index in [-0.39, 0.29) is 17.9 Å². The average molecular weight is 372 g/mol. The molecule has 1 aliphatic heterocycles. The predicted octanol–water partition coefficient (Wildman–Crippen LogP) is 1.21. The highest BCUT2D eigenvalue weighted by Gasteiger charge is 2.30. The summed E-state index contributed by atoms with van der Waals surface area (Å²) in [5, 5.41) is 8.64. The molecule has 144 valence electrons. The van der Waals surface area contributed by atoms with Gasteiger partial charge in [-0.05, 0) is 32.6 Å². The van der Waals surface area contributed by atoms with E-state index < -0.39 is 5.91 Å². The number of pyridine rings is 1. The summed E-state index contributed by atoms with van der Waals surface area (Å²) < 4.78 is 7.21. The van der Waals surface area contributed by atoms with Gasteiger partial charge in [-0.3, -0.25) is 20.4 Å². The number of carbonyl (C=O) groups is 2. The molecule has 0 bridgehead atoms. The Bertz CT molecular complexity index is 854. The standard InChI is InChI=1S/C18H24N6O3/c1-2-24-16-13(10-20-24)15(21-12-5-7-27-8-6-12)14(9-19-16)18(26)23-22-17(25)11-3-4-11/h9-12H,2-8H2,1H3,(H,19,21)(H,22,25)(H,23,26). The zero-order valence-electron chi connectivity index (χ0n) is 15.3. The van der Waals surface area contributed by atoms with E-state index in [1.807, 2.05) is 6.92 Å². The van der Waals surface area contributed by atoms with Gasteiger partial charge in [0.1, 0.15) is 0 Å². The van der Waals surface area contributed by atoms with Gasteiger partial charge in [0.05, 0.1) is 22.8 Å². The summed E-state index contributed by atoms with van der Waals surface area (Å²) >= 11 is 0. The summed E-state index contributed by atoms with van der Waals surface area (Å²) in [4.78, 5) is 29.0. The van der Waals surface area contributed by atoms with Crippen LogP contribution in [0, 0.1) is 5.92 Å². The van der Waals surface area contributed by atoms with Crippen molar-refractivity contribution < 1.29 is 14.3 Å². The third-order valence-corrected chi connectivity index (χ3v) is 5.03. The third-order valence-electron chi connectivity index (χ3n) is 5.03. The molecular formula is C18H24N6O3. The first-order valence-corrected chi connectivity index (χ1v) is 9.46. The van der Waals surface area contributed by atoms with Crippen molar-refractivity contribution in [2.75, 3.05) is 18.5 Å². The molecule has 3 N–H and O–H groups in total. The molecule has 1 saturated carbocycles. The van der Waals surface area contributed by atoms with Crippen LogP contribution in [0.3, 0.4) is 0 Å². The molecule has 2 aromatic rings. The fourth-order valence-electron chi connectivity index (χ4n) is 3.27. The summed E-state index contributed by atoms with van der Waals surface area (Å²) in [6.45, 7) is 4.07. The van der Waals surface area contributed by atoms with Gasteiger partial charge in [-0.2, -0.15) is 5.10 Å². The lowest BCUT2D eigenvalue weighted by atomic mass is 10.1. The molecular weight excluding hydrogens is 348 g/mol. The number of hydrogen-bond donors (Lipinski definition) is 3. The molecule has 2 aliphatic rings. The minimum Gasteiger partial charge on any atom is -0.381 e. The summed E-state index contributed by atoms with van der Waals surface area (Å²) in [5.41, 5.74) is 6.83. The van der Waals surface area contributed by atoms with Crippen molar-refractivity contribution in [3.8, 4) is 0 Å². The van der Waals surface area contributed by atoms with Crippen molar-refractivity contribution in [3.05, 3.63) is 18.0 Å². The minimum atomic E-state index is -0.391. The van der Waals surface area contributed by atoms with Gasteiger partial charge >= 0.3 is 0 Å². The Kier molecular flexibility index (Phi) is 4.93. The molecule has 2 amide bonds. The smallest absolute Gasteiger partial charge is 0.273 e. The zero-order chi connectivity index (χ0) is 18.8. The molecule has 4 rings (SSSR count). The van der Waals surface area contributed by atoms with Gasteiger partial charge in [-0.1, -0.05) is 0 Å². The van der Waals surface area contributed by atoms with Crippen LogP contribution in [0.2, 0.25) is 0 Å². The van der Waals surface area contributed by atoms with Crippen LogP contribution in [0.5, 0.6) is 0 Å². The maximum absolute atomic E-state index is 12.7. The summed E-state index contributed by atoms with van der Waals surface area (Å²) in [5.74, 6) is -0.513. The summed E-state index contributed by atoms with van der Waals surface area (Å²) in [7, 11) is 0. The lowest BCUT2D eigenvalue weighted by Gasteiger charge is -2.25. The first kappa shape index (κ1) is 17.7. The minimum absolute atomic E-state index is 0.0218. The van der Waals surface area contributed by atoms with Crippen LogP contribution in [-0.2, 0) is 16.1 Å². The van der Waals surface area contributed by atoms with Gasteiger partial charge in [-0.25, -0.2) is 9.67 Å². The van der Waals surface area contributed by atoms with Crippen LogP contribution in [0.1, 0.15) is 43.0 Å². The topological polar surface area (TPSA) is 110 Å². The van der Waals surface area contributed by atoms with E-state index in [9.17, 15) is 9.59 Å². The van der Waals surface area contributed by atoms with E-state index in [0.29, 0.717) is 31.0 Å². The quantitative estimate of drug-likeness (QED) is 0.681. The first-order valence-electron chi connectivity index (χ1n) is 9.46. The maximum Gasteiger partial charge on any atom is 0.273 e. The van der Waals surface area contributed by atoms with Gasteiger partial charge in [0, 0.05) is 37.9 Å². The number of carbonyl (C=O) groups excluding carboxylic acids is 2. The normalized spacial score (nSPS) is 17.7. The van der Waals surface area contributed by atoms with Gasteiger partial charge in [0.2, 0.25) is 5.91 Å². The average Bonchev–Trinajstić information content (AvgIpc) is 3.46. The van der Waals surface area contributed by atoms with Crippen molar-refractivity contribution in [3.63, 3.8) is 0 Å². The lowest BCUT2D eigenvalue weighted by Crippen LogP contribution is -2.42. The SMILES string of the molecule is CCn1ncc2c(NC3CCOCC3)c(C(=O)NNC(=O)C3CC3)cnc21. The Morgan fingerprint density at radius 1 is 1.19 bits per heavy atom. The second-order valence-electron chi connectivity index (χ2n) is 6.99. The van der Waals surface area contributed by atoms with E-state index >= 15 is 0 Å². The van der Waals surface area contributed by atoms with Gasteiger partial charge in [-0.15, -0.1) is 0 Å². The highest BCUT2D eigenvalue weighted by molar-refractivity contribution is 6.06. The molecule has 1 aliphatic carbocycles. The molecule has 0 spiro atoms. The third kappa shape index (κ3) is 3.73. The van der Waals surface area contributed by atoms with E-state index in [0.717, 1.165) is 36.7 Å². The molecule has 0 radical (unpaired) electrons. The zero-order valence-corrected chi connectivity index (χ0v) is 15.3. The monoisotopic (exact) mass is 372 g/mol. The highest BCUT2D eigenvalue weighted by Crippen LogP contribution is 2.29. The lowest BCUT2D eigenvalue weighted by molar-refractivity contribution is -0.123. The molecule has 9 heteroatoms. The number of fused-ring (bicyclic) bond motifs is 1. The Hall–Kier alpha value is -2.68. The number of hydrogen-bond acceptors (Lipinski definition) is 6. The number of hydrazine groups is 1. The van der Waals surface area contributed by atoms with Crippen LogP contribution in [0.15, 0.2) is 12.4 Å². The molecule has 27 heavy (non-hydrogen) atoms. The number of rotatable bonds is 5. The van der Waals surface area contributed by atoms with Crippen molar-refractivity contribution >= 4 is 28.5 Å². The van der Waals surface area contributed by atoms with Crippen LogP contribution in [0.25, 0.3) is 11.0 Å². The number of nitrogens with one attached hydrogen (secondary N) is 3. The number of aromatic nitrogens is 3. The van der Waals surface area contributed by atoms with Crippen molar-refractivity contribution in [1.29, 1.82) is 0 Å². The molecule has 9 nitrogen and oxygen atoms in total. The number of anilines is 1. The predicted molar refractivity (Wildman–Crippen MR) is 99.0 cm³/mol. The Morgan fingerprint density at radius 2 is 1.96 bits per heavy atom. The molecule has 1 saturated heterocycles. The van der Waals surface area contributed by atoms with Gasteiger partial charge < -0.3 is 10.1 Å². The number of aryl methyl sites for hydroxylation is 1.